The van der Waals surface area contributed by atoms with Crippen LogP contribution >= 0.6 is 51.5 Å². The number of nitrogens with zero attached hydrogens (tertiary/aromatic N) is 1. The lowest BCUT2D eigenvalue weighted by Gasteiger charge is -2.24. The smallest absolute Gasteiger partial charge is 0.246 e. The van der Waals surface area contributed by atoms with Crippen LogP contribution in [0.3, 0.4) is 0 Å². The molecule has 1 aliphatic heterocycles. The number of benzene rings is 1. The molecule has 0 spiro atoms. The summed E-state index contributed by atoms with van der Waals surface area (Å²) in [5.41, 5.74) is 0. The van der Waals surface area contributed by atoms with Crippen LogP contribution in [0.5, 0.6) is 0 Å². The molecular weight excluding hydrogens is 410 g/mol. The summed E-state index contributed by atoms with van der Waals surface area (Å²) < 4.78 is 27.2. The number of likely N-dealkylation sites (N-methyl/N-ethyl adjacent to an activating group) is 1. The highest BCUT2D eigenvalue weighted by Gasteiger charge is 2.33. The van der Waals surface area contributed by atoms with Gasteiger partial charge >= 0.3 is 0 Å². The van der Waals surface area contributed by atoms with E-state index in [4.69, 9.17) is 23.2 Å². The molecule has 0 bridgehead atoms. The number of hydrogen-bond acceptors (Lipinski definition) is 3. The fraction of sp³-hybridized carbons (Fsp3) is 0.455. The van der Waals surface area contributed by atoms with Crippen LogP contribution in [0.25, 0.3) is 0 Å². The Labute approximate surface area is 143 Å². The van der Waals surface area contributed by atoms with Crippen LogP contribution in [-0.4, -0.2) is 38.9 Å². The molecule has 1 aromatic rings. The first kappa shape index (κ1) is 18.5. The summed E-state index contributed by atoms with van der Waals surface area (Å²) in [6.07, 6.45) is 0.779. The van der Waals surface area contributed by atoms with Gasteiger partial charge in [0.2, 0.25) is 10.0 Å². The third-order valence-corrected chi connectivity index (χ3v) is 6.44. The van der Waals surface area contributed by atoms with Gasteiger partial charge in [0.15, 0.2) is 0 Å². The summed E-state index contributed by atoms with van der Waals surface area (Å²) in [5, 5.41) is 3.38. The lowest BCUT2D eigenvalue weighted by atomic mass is 10.3. The van der Waals surface area contributed by atoms with Crippen molar-refractivity contribution in [2.24, 2.45) is 0 Å². The minimum absolute atomic E-state index is 0. The Bertz CT molecular complexity index is 568. The molecule has 20 heavy (non-hydrogen) atoms. The van der Waals surface area contributed by atoms with Gasteiger partial charge in [0.05, 0.1) is 10.0 Å². The first-order valence-electron chi connectivity index (χ1n) is 5.67. The molecule has 1 aliphatic rings. The Kier molecular flexibility index (Phi) is 6.59. The van der Waals surface area contributed by atoms with Crippen molar-refractivity contribution in [3.8, 4) is 0 Å². The highest BCUT2D eigenvalue weighted by Crippen LogP contribution is 2.35. The van der Waals surface area contributed by atoms with Gasteiger partial charge in [0.25, 0.3) is 0 Å². The maximum Gasteiger partial charge on any atom is 0.246 e. The molecule has 0 saturated carbocycles. The molecule has 1 N–H and O–H groups in total. The van der Waals surface area contributed by atoms with Crippen LogP contribution in [0.2, 0.25) is 10.0 Å². The topological polar surface area (TPSA) is 49.4 Å². The normalized spacial score (nSPS) is 19.1. The van der Waals surface area contributed by atoms with E-state index < -0.39 is 10.0 Å². The van der Waals surface area contributed by atoms with Gasteiger partial charge in [-0.05, 0) is 25.1 Å². The minimum Gasteiger partial charge on any atom is -0.315 e. The molecule has 0 radical (unpaired) electrons. The van der Waals surface area contributed by atoms with Crippen molar-refractivity contribution in [3.05, 3.63) is 26.7 Å². The van der Waals surface area contributed by atoms with E-state index >= 15 is 0 Å². The molecule has 1 atom stereocenters. The van der Waals surface area contributed by atoms with E-state index in [-0.39, 0.29) is 33.4 Å². The molecule has 1 heterocycles. The fourth-order valence-electron chi connectivity index (χ4n) is 2.07. The molecule has 1 unspecified atom stereocenters. The minimum atomic E-state index is -3.69. The summed E-state index contributed by atoms with van der Waals surface area (Å²) in [4.78, 5) is -0.0339. The molecule has 4 nitrogen and oxygen atoms in total. The van der Waals surface area contributed by atoms with Crippen LogP contribution in [0.4, 0.5) is 0 Å². The quantitative estimate of drug-likeness (QED) is 0.811. The zero-order chi connectivity index (χ0) is 14.2. The highest BCUT2D eigenvalue weighted by atomic mass is 79.9. The Morgan fingerprint density at radius 1 is 1.35 bits per heavy atom. The van der Waals surface area contributed by atoms with Gasteiger partial charge in [-0.3, -0.25) is 0 Å². The highest BCUT2D eigenvalue weighted by molar-refractivity contribution is 9.10. The second kappa shape index (κ2) is 7.13. The zero-order valence-electron chi connectivity index (χ0n) is 10.6. The van der Waals surface area contributed by atoms with E-state index in [9.17, 15) is 8.42 Å². The van der Waals surface area contributed by atoms with E-state index in [1.807, 2.05) is 0 Å². The second-order valence-electron chi connectivity index (χ2n) is 4.37. The maximum atomic E-state index is 12.6. The summed E-state index contributed by atoms with van der Waals surface area (Å²) >= 11 is 15.3. The Hall–Kier alpha value is 0.440. The molecule has 1 saturated heterocycles. The molecule has 1 aromatic carbocycles. The average Bonchev–Trinajstić information content (AvgIpc) is 2.78. The van der Waals surface area contributed by atoms with Crippen molar-refractivity contribution in [1.82, 2.24) is 9.62 Å². The molecule has 9 heteroatoms. The monoisotopic (exact) mass is 422 g/mol. The van der Waals surface area contributed by atoms with Crippen molar-refractivity contribution in [1.29, 1.82) is 0 Å². The summed E-state index contributed by atoms with van der Waals surface area (Å²) in [6.45, 7) is 1.45. The number of rotatable bonds is 3. The molecule has 2 rings (SSSR count). The fourth-order valence-corrected chi connectivity index (χ4v) is 5.33. The Morgan fingerprint density at radius 2 is 1.90 bits per heavy atom. The van der Waals surface area contributed by atoms with Crippen LogP contribution in [0.15, 0.2) is 21.5 Å². The average molecular weight is 425 g/mol. The lowest BCUT2D eigenvalue weighted by Crippen LogP contribution is -2.38. The predicted molar refractivity (Wildman–Crippen MR) is 87.6 cm³/mol. The van der Waals surface area contributed by atoms with Gasteiger partial charge in [-0.25, -0.2) is 8.42 Å². The van der Waals surface area contributed by atoms with E-state index in [1.165, 1.54) is 16.4 Å². The molecule has 0 amide bonds. The summed E-state index contributed by atoms with van der Waals surface area (Å²) in [7, 11) is -2.13. The Balaban J connectivity index is 0.00000200. The third kappa shape index (κ3) is 3.61. The van der Waals surface area contributed by atoms with Crippen LogP contribution in [0, 0.1) is 0 Å². The van der Waals surface area contributed by atoms with Crippen LogP contribution < -0.4 is 5.32 Å². The van der Waals surface area contributed by atoms with Crippen molar-refractivity contribution in [2.45, 2.75) is 17.4 Å². The van der Waals surface area contributed by atoms with E-state index in [2.05, 4.69) is 21.2 Å². The van der Waals surface area contributed by atoms with E-state index in [0.29, 0.717) is 11.0 Å². The van der Waals surface area contributed by atoms with Crippen LogP contribution in [0.1, 0.15) is 6.42 Å². The summed E-state index contributed by atoms with van der Waals surface area (Å²) in [6, 6.07) is 2.99. The number of hydrogen-bond donors (Lipinski definition) is 1. The van der Waals surface area contributed by atoms with Gasteiger partial charge in [-0.1, -0.05) is 39.1 Å². The van der Waals surface area contributed by atoms with Gasteiger partial charge < -0.3 is 5.32 Å². The number of sulfonamides is 1. The van der Waals surface area contributed by atoms with Gasteiger partial charge in [-0.2, -0.15) is 4.31 Å². The van der Waals surface area contributed by atoms with Crippen molar-refractivity contribution < 1.29 is 8.42 Å². The summed E-state index contributed by atoms with van der Waals surface area (Å²) in [5.74, 6) is 0. The zero-order valence-corrected chi connectivity index (χ0v) is 15.3. The maximum absolute atomic E-state index is 12.6. The van der Waals surface area contributed by atoms with Gasteiger partial charge in [-0.15, -0.1) is 12.4 Å². The second-order valence-corrected chi connectivity index (χ2v) is 8.03. The molecule has 114 valence electrons. The van der Waals surface area contributed by atoms with Crippen molar-refractivity contribution in [3.63, 3.8) is 0 Å². The predicted octanol–water partition coefficient (Wildman–Crippen LogP) is 3.16. The number of halogens is 4. The van der Waals surface area contributed by atoms with Crippen molar-refractivity contribution >= 4 is 61.6 Å². The van der Waals surface area contributed by atoms with E-state index in [1.54, 1.807) is 7.05 Å². The first-order chi connectivity index (χ1) is 8.84. The first-order valence-corrected chi connectivity index (χ1v) is 8.66. The Morgan fingerprint density at radius 3 is 2.35 bits per heavy atom. The SMILES string of the molecule is CN(C1CCNC1)S(=O)(=O)c1c(Cl)cc(Br)cc1Cl.Cl. The van der Waals surface area contributed by atoms with Crippen LogP contribution in [-0.2, 0) is 10.0 Å². The largest absolute Gasteiger partial charge is 0.315 e. The molecule has 0 aromatic heterocycles. The lowest BCUT2D eigenvalue weighted by molar-refractivity contribution is 0.388. The number of nitrogens with one attached hydrogen (secondary N) is 1. The molecule has 0 aliphatic carbocycles. The van der Waals surface area contributed by atoms with E-state index in [0.717, 1.165) is 13.0 Å². The molecular formula is C11H14BrCl3N2O2S. The standard InChI is InChI=1S/C11H13BrCl2N2O2S.ClH/c1-16(8-2-3-15-6-8)19(17,18)11-9(13)4-7(12)5-10(11)14;/h4-5,8,15H,2-3,6H2,1H3;1H. The molecule has 1 fully saturated rings. The van der Waals surface area contributed by atoms with Gasteiger partial charge in [0, 0.05) is 24.1 Å². The van der Waals surface area contributed by atoms with Crippen molar-refractivity contribution in [2.75, 3.05) is 20.1 Å². The third-order valence-electron chi connectivity index (χ3n) is 3.15. The van der Waals surface area contributed by atoms with Gasteiger partial charge in [0.1, 0.15) is 4.90 Å².